The molecule has 0 atom stereocenters. The molecule has 2 N–H and O–H groups in total. The first-order valence-corrected chi connectivity index (χ1v) is 7.34. The molecule has 1 aromatic carbocycles. The van der Waals surface area contributed by atoms with Gasteiger partial charge in [0.05, 0.1) is 12.1 Å². The molecule has 0 bridgehead atoms. The van der Waals surface area contributed by atoms with E-state index in [1.54, 1.807) is 12.1 Å². The van der Waals surface area contributed by atoms with Crippen molar-refractivity contribution in [1.82, 2.24) is 5.32 Å². The van der Waals surface area contributed by atoms with E-state index < -0.39 is 11.4 Å². The summed E-state index contributed by atoms with van der Waals surface area (Å²) in [6.45, 7) is 1.84. The number of aliphatic hydroxyl groups excluding tert-OH is 1. The van der Waals surface area contributed by atoms with Crippen LogP contribution in [0, 0.1) is 11.7 Å². The van der Waals surface area contributed by atoms with Crippen LogP contribution in [0.4, 0.5) is 4.39 Å². The van der Waals surface area contributed by atoms with Crippen LogP contribution >= 0.6 is 0 Å². The number of ether oxygens (including phenoxy) is 1. The lowest BCUT2D eigenvalue weighted by atomic mass is 9.77. The molecule has 0 aromatic heterocycles. The highest BCUT2D eigenvalue weighted by atomic mass is 19.1. The maximum Gasteiger partial charge on any atom is 0.258 e. The molecule has 0 unspecified atom stereocenters. The van der Waals surface area contributed by atoms with E-state index in [9.17, 15) is 14.3 Å². The minimum atomic E-state index is -0.553. The number of amides is 1. The molecule has 1 fully saturated rings. The third-order valence-electron chi connectivity index (χ3n) is 4.13. The van der Waals surface area contributed by atoms with Crippen molar-refractivity contribution in [2.75, 3.05) is 13.2 Å². The van der Waals surface area contributed by atoms with Gasteiger partial charge in [-0.15, -0.1) is 0 Å². The largest absolute Gasteiger partial charge is 0.481 e. The molecule has 1 saturated carbocycles. The lowest BCUT2D eigenvalue weighted by molar-refractivity contribution is -0.126. The summed E-state index contributed by atoms with van der Waals surface area (Å²) in [6.07, 6.45) is 3.48. The third kappa shape index (κ3) is 4.17. The van der Waals surface area contributed by atoms with Gasteiger partial charge < -0.3 is 15.2 Å². The van der Waals surface area contributed by atoms with Crippen LogP contribution in [0.25, 0.3) is 0 Å². The van der Waals surface area contributed by atoms with Gasteiger partial charge in [0.1, 0.15) is 0 Å². The molecule has 1 aromatic rings. The maximum absolute atomic E-state index is 13.4. The first-order chi connectivity index (χ1) is 10.0. The summed E-state index contributed by atoms with van der Waals surface area (Å²) in [7, 11) is 0. The molecule has 1 aliphatic carbocycles. The average molecular weight is 295 g/mol. The lowest BCUT2D eigenvalue weighted by Crippen LogP contribution is -2.54. The first-order valence-electron chi connectivity index (χ1n) is 7.34. The van der Waals surface area contributed by atoms with Crippen molar-refractivity contribution in [3.8, 4) is 5.75 Å². The standard InChI is InChI=1S/C16H22FNO3/c1-12-6-8-16(11-19,9-7-12)18-15(20)10-21-14-5-3-2-4-13(14)17/h2-5,12,19H,6-11H2,1H3,(H,18,20). The molecule has 1 aliphatic rings. The SMILES string of the molecule is CC1CCC(CO)(NC(=O)COc2ccccc2F)CC1. The van der Waals surface area contributed by atoms with E-state index in [1.165, 1.54) is 12.1 Å². The zero-order valence-corrected chi connectivity index (χ0v) is 12.3. The van der Waals surface area contributed by atoms with E-state index in [-0.39, 0.29) is 24.9 Å². The van der Waals surface area contributed by atoms with Crippen molar-refractivity contribution >= 4 is 5.91 Å². The van der Waals surface area contributed by atoms with Gasteiger partial charge in [0.2, 0.25) is 0 Å². The van der Waals surface area contributed by atoms with E-state index in [4.69, 9.17) is 4.74 Å². The number of nitrogens with one attached hydrogen (secondary N) is 1. The highest BCUT2D eigenvalue weighted by molar-refractivity contribution is 5.78. The van der Waals surface area contributed by atoms with Gasteiger partial charge in [-0.25, -0.2) is 4.39 Å². The third-order valence-corrected chi connectivity index (χ3v) is 4.13. The zero-order valence-electron chi connectivity index (χ0n) is 12.3. The van der Waals surface area contributed by atoms with E-state index in [0.29, 0.717) is 5.92 Å². The van der Waals surface area contributed by atoms with E-state index in [1.807, 2.05) is 0 Å². The van der Waals surface area contributed by atoms with Gasteiger partial charge in [0.15, 0.2) is 18.2 Å². The zero-order chi connectivity index (χ0) is 15.3. The molecule has 116 valence electrons. The Kier molecular flexibility index (Phi) is 5.17. The Bertz CT molecular complexity index is 484. The Balaban J connectivity index is 1.87. The summed E-state index contributed by atoms with van der Waals surface area (Å²) < 4.78 is 18.6. The second-order valence-electron chi connectivity index (χ2n) is 5.89. The molecule has 5 heteroatoms. The van der Waals surface area contributed by atoms with Crippen molar-refractivity contribution in [2.24, 2.45) is 5.92 Å². The fraction of sp³-hybridized carbons (Fsp3) is 0.562. The summed E-state index contributed by atoms with van der Waals surface area (Å²) in [6, 6.07) is 5.97. The highest BCUT2D eigenvalue weighted by Gasteiger charge is 2.35. The normalized spacial score (nSPS) is 25.4. The summed E-state index contributed by atoms with van der Waals surface area (Å²) in [5.74, 6) is -0.144. The highest BCUT2D eigenvalue weighted by Crippen LogP contribution is 2.31. The van der Waals surface area contributed by atoms with Crippen molar-refractivity contribution < 1.29 is 19.0 Å². The monoisotopic (exact) mass is 295 g/mol. The molecule has 0 aliphatic heterocycles. The van der Waals surface area contributed by atoms with Gasteiger partial charge in [0.25, 0.3) is 5.91 Å². The topological polar surface area (TPSA) is 58.6 Å². The second-order valence-corrected chi connectivity index (χ2v) is 5.89. The number of aliphatic hydroxyl groups is 1. The van der Waals surface area contributed by atoms with Gasteiger partial charge in [-0.2, -0.15) is 0 Å². The van der Waals surface area contributed by atoms with Crippen molar-refractivity contribution in [1.29, 1.82) is 0 Å². The predicted molar refractivity (Wildman–Crippen MR) is 77.5 cm³/mol. The smallest absolute Gasteiger partial charge is 0.258 e. The Morgan fingerprint density at radius 2 is 2.10 bits per heavy atom. The number of hydrogen-bond donors (Lipinski definition) is 2. The molecule has 0 spiro atoms. The van der Waals surface area contributed by atoms with Gasteiger partial charge in [0, 0.05) is 0 Å². The van der Waals surface area contributed by atoms with Crippen LogP contribution in [0.3, 0.4) is 0 Å². The van der Waals surface area contributed by atoms with E-state index in [2.05, 4.69) is 12.2 Å². The number of carbonyl (C=O) groups is 1. The number of hydrogen-bond acceptors (Lipinski definition) is 3. The predicted octanol–water partition coefficient (Wildman–Crippen LogP) is 2.26. The van der Waals surface area contributed by atoms with E-state index >= 15 is 0 Å². The van der Waals surface area contributed by atoms with Crippen LogP contribution in [-0.4, -0.2) is 29.8 Å². The van der Waals surface area contributed by atoms with Crippen LogP contribution in [-0.2, 0) is 4.79 Å². The summed E-state index contributed by atoms with van der Waals surface area (Å²) in [4.78, 5) is 12.0. The van der Waals surface area contributed by atoms with Crippen LogP contribution in [0.1, 0.15) is 32.6 Å². The molecule has 1 amide bonds. The quantitative estimate of drug-likeness (QED) is 0.876. The number of benzene rings is 1. The van der Waals surface area contributed by atoms with Crippen molar-refractivity contribution in [3.05, 3.63) is 30.1 Å². The Hall–Kier alpha value is -1.62. The molecular weight excluding hydrogens is 273 g/mol. The summed E-state index contributed by atoms with van der Waals surface area (Å²) in [5.41, 5.74) is -0.553. The maximum atomic E-state index is 13.4. The van der Waals surface area contributed by atoms with E-state index in [0.717, 1.165) is 25.7 Å². The fourth-order valence-corrected chi connectivity index (χ4v) is 2.67. The minimum absolute atomic E-state index is 0.0583. The Labute approximate surface area is 124 Å². The van der Waals surface area contributed by atoms with Crippen LogP contribution < -0.4 is 10.1 Å². The van der Waals surface area contributed by atoms with Crippen LogP contribution in [0.2, 0.25) is 0 Å². The molecule has 0 heterocycles. The van der Waals surface area contributed by atoms with Gasteiger partial charge in [-0.1, -0.05) is 19.1 Å². The molecule has 0 saturated heterocycles. The van der Waals surface area contributed by atoms with Crippen molar-refractivity contribution in [3.63, 3.8) is 0 Å². The summed E-state index contributed by atoms with van der Waals surface area (Å²) in [5, 5.41) is 12.4. The number of carbonyl (C=O) groups excluding carboxylic acids is 1. The number of rotatable bonds is 5. The fourth-order valence-electron chi connectivity index (χ4n) is 2.67. The van der Waals surface area contributed by atoms with Crippen molar-refractivity contribution in [2.45, 2.75) is 38.1 Å². The molecule has 4 nitrogen and oxygen atoms in total. The van der Waals surface area contributed by atoms with Crippen LogP contribution in [0.5, 0.6) is 5.75 Å². The van der Waals surface area contributed by atoms with Gasteiger partial charge >= 0.3 is 0 Å². The number of para-hydroxylation sites is 1. The Morgan fingerprint density at radius 1 is 1.43 bits per heavy atom. The molecular formula is C16H22FNO3. The molecule has 0 radical (unpaired) electrons. The van der Waals surface area contributed by atoms with Gasteiger partial charge in [-0.3, -0.25) is 4.79 Å². The lowest BCUT2D eigenvalue weighted by Gasteiger charge is -2.38. The second kappa shape index (κ2) is 6.89. The molecule has 2 rings (SSSR count). The van der Waals surface area contributed by atoms with Crippen LogP contribution in [0.15, 0.2) is 24.3 Å². The van der Waals surface area contributed by atoms with Gasteiger partial charge in [-0.05, 0) is 43.7 Å². The first kappa shape index (κ1) is 15.8. The number of halogens is 1. The molecule has 21 heavy (non-hydrogen) atoms. The minimum Gasteiger partial charge on any atom is -0.481 e. The summed E-state index contributed by atoms with van der Waals surface area (Å²) >= 11 is 0. The Morgan fingerprint density at radius 3 is 2.71 bits per heavy atom. The average Bonchev–Trinajstić information content (AvgIpc) is 2.49.